The number of carbonyl (C=O) groups is 2. The number of carbonyl (C=O) groups excluding carboxylic acids is 2. The molecule has 142 valence electrons. The first kappa shape index (κ1) is 18.8. The van der Waals surface area contributed by atoms with Gasteiger partial charge in [-0.2, -0.15) is 0 Å². The number of nitrogens with one attached hydrogen (secondary N) is 4. The molecule has 1 aromatic rings. The van der Waals surface area contributed by atoms with Crippen molar-refractivity contribution in [3.8, 4) is 0 Å². The number of esters is 1. The van der Waals surface area contributed by atoms with Crippen molar-refractivity contribution in [2.45, 2.75) is 37.9 Å². The number of ether oxygens (including phenoxy) is 1. The predicted octanol–water partition coefficient (Wildman–Crippen LogP) is 0.391. The maximum atomic E-state index is 13.2. The van der Waals surface area contributed by atoms with Crippen LogP contribution >= 0.6 is 0 Å². The maximum absolute atomic E-state index is 13.2. The smallest absolute Gasteiger partial charge is 0.308 e. The summed E-state index contributed by atoms with van der Waals surface area (Å²) in [6, 6.07) is 5.07. The zero-order chi connectivity index (χ0) is 18.5. The molecule has 7 nitrogen and oxygen atoms in total. The summed E-state index contributed by atoms with van der Waals surface area (Å²) in [4.78, 5) is 24.8. The van der Waals surface area contributed by atoms with Gasteiger partial charge in [-0.3, -0.25) is 15.0 Å². The van der Waals surface area contributed by atoms with Crippen LogP contribution in [0.3, 0.4) is 0 Å². The number of amides is 1. The fourth-order valence-corrected chi connectivity index (χ4v) is 3.57. The van der Waals surface area contributed by atoms with Gasteiger partial charge in [0.1, 0.15) is 11.9 Å². The van der Waals surface area contributed by atoms with Crippen molar-refractivity contribution in [3.63, 3.8) is 0 Å². The van der Waals surface area contributed by atoms with E-state index in [-0.39, 0.29) is 36.7 Å². The zero-order valence-electron chi connectivity index (χ0n) is 14.8. The normalized spacial score (nSPS) is 26.0. The molecule has 0 aromatic heterocycles. The third-order valence-corrected chi connectivity index (χ3v) is 4.93. The van der Waals surface area contributed by atoms with Crippen LogP contribution in [0.1, 0.15) is 31.4 Å². The van der Waals surface area contributed by atoms with Crippen molar-refractivity contribution < 1.29 is 18.7 Å². The van der Waals surface area contributed by atoms with E-state index in [2.05, 4.69) is 21.5 Å². The van der Waals surface area contributed by atoms with Gasteiger partial charge in [-0.05, 0) is 37.6 Å². The molecule has 4 N–H and O–H groups in total. The minimum absolute atomic E-state index is 0.00228. The molecule has 3 rings (SSSR count). The van der Waals surface area contributed by atoms with Crippen LogP contribution in [0.5, 0.6) is 0 Å². The average molecular weight is 364 g/mol. The summed E-state index contributed by atoms with van der Waals surface area (Å²) in [5.41, 5.74) is 6.91. The van der Waals surface area contributed by atoms with Crippen molar-refractivity contribution in [2.75, 3.05) is 19.7 Å². The van der Waals surface area contributed by atoms with Crippen LogP contribution in [0.4, 0.5) is 4.39 Å². The number of hydrogen-bond donors (Lipinski definition) is 4. The monoisotopic (exact) mass is 364 g/mol. The number of halogens is 1. The maximum Gasteiger partial charge on any atom is 0.308 e. The molecular weight excluding hydrogens is 339 g/mol. The standard InChI is InChI=1S/C18H25FN4O3/c1-2-26-16(24)9-15(11-3-5-12(19)6-4-11)21-18(25)17-13-10-20-8-7-14(13)22-23-17/h3-6,13-15,17,20,22-23H,2,7-10H2,1H3,(H,21,25). The Bertz CT molecular complexity index is 640. The van der Waals surface area contributed by atoms with Crippen LogP contribution in [0.2, 0.25) is 0 Å². The summed E-state index contributed by atoms with van der Waals surface area (Å²) in [5, 5.41) is 6.23. The molecule has 4 unspecified atom stereocenters. The lowest BCUT2D eigenvalue weighted by Gasteiger charge is -2.28. The van der Waals surface area contributed by atoms with Gasteiger partial charge < -0.3 is 15.4 Å². The topological polar surface area (TPSA) is 91.5 Å². The van der Waals surface area contributed by atoms with E-state index in [1.165, 1.54) is 12.1 Å². The summed E-state index contributed by atoms with van der Waals surface area (Å²) in [5.74, 6) is -0.822. The lowest BCUT2D eigenvalue weighted by Crippen LogP contribution is -2.50. The Morgan fingerprint density at radius 1 is 1.31 bits per heavy atom. The first-order valence-corrected chi connectivity index (χ1v) is 9.01. The van der Waals surface area contributed by atoms with Crippen LogP contribution in [-0.4, -0.2) is 43.7 Å². The molecule has 0 aliphatic carbocycles. The highest BCUT2D eigenvalue weighted by molar-refractivity contribution is 5.83. The molecule has 1 amide bonds. The van der Waals surface area contributed by atoms with E-state index in [0.29, 0.717) is 5.56 Å². The van der Waals surface area contributed by atoms with E-state index >= 15 is 0 Å². The Balaban J connectivity index is 1.70. The minimum atomic E-state index is -0.570. The molecule has 0 bridgehead atoms. The van der Waals surface area contributed by atoms with E-state index in [1.807, 2.05) is 0 Å². The average Bonchev–Trinajstić information content (AvgIpc) is 3.06. The highest BCUT2D eigenvalue weighted by Gasteiger charge is 2.41. The summed E-state index contributed by atoms with van der Waals surface area (Å²) < 4.78 is 18.2. The van der Waals surface area contributed by atoms with Crippen molar-refractivity contribution in [1.82, 2.24) is 21.5 Å². The molecule has 26 heavy (non-hydrogen) atoms. The molecule has 2 fully saturated rings. The third-order valence-electron chi connectivity index (χ3n) is 4.93. The third kappa shape index (κ3) is 4.38. The van der Waals surface area contributed by atoms with E-state index < -0.39 is 18.1 Å². The van der Waals surface area contributed by atoms with E-state index in [9.17, 15) is 14.0 Å². The fraction of sp³-hybridized carbons (Fsp3) is 0.556. The Morgan fingerprint density at radius 3 is 2.81 bits per heavy atom. The van der Waals surface area contributed by atoms with Gasteiger partial charge in [0.15, 0.2) is 0 Å². The van der Waals surface area contributed by atoms with Crippen LogP contribution in [-0.2, 0) is 14.3 Å². The molecule has 0 radical (unpaired) electrons. The Morgan fingerprint density at radius 2 is 2.08 bits per heavy atom. The van der Waals surface area contributed by atoms with Gasteiger partial charge >= 0.3 is 5.97 Å². The van der Waals surface area contributed by atoms with E-state index in [0.717, 1.165) is 19.5 Å². The number of hydrazine groups is 1. The van der Waals surface area contributed by atoms with E-state index in [1.54, 1.807) is 19.1 Å². The largest absolute Gasteiger partial charge is 0.466 e. The Hall–Kier alpha value is -2.03. The van der Waals surface area contributed by atoms with Crippen molar-refractivity contribution in [3.05, 3.63) is 35.6 Å². The molecule has 2 heterocycles. The molecular formula is C18H25FN4O3. The van der Waals surface area contributed by atoms with E-state index in [4.69, 9.17) is 4.74 Å². The lowest BCUT2D eigenvalue weighted by atomic mass is 9.89. The van der Waals surface area contributed by atoms with Crippen LogP contribution in [0, 0.1) is 11.7 Å². The summed E-state index contributed by atoms with van der Waals surface area (Å²) in [6.45, 7) is 3.67. The molecule has 2 aliphatic heterocycles. The highest BCUT2D eigenvalue weighted by atomic mass is 19.1. The lowest BCUT2D eigenvalue weighted by molar-refractivity contribution is -0.143. The summed E-state index contributed by atoms with van der Waals surface area (Å²) in [7, 11) is 0. The molecule has 2 aliphatic rings. The first-order valence-electron chi connectivity index (χ1n) is 9.01. The molecule has 0 spiro atoms. The Kier molecular flexibility index (Phi) is 6.18. The van der Waals surface area contributed by atoms with Gasteiger partial charge in [-0.1, -0.05) is 12.1 Å². The quantitative estimate of drug-likeness (QED) is 0.546. The van der Waals surface area contributed by atoms with Crippen LogP contribution < -0.4 is 21.5 Å². The minimum Gasteiger partial charge on any atom is -0.466 e. The van der Waals surface area contributed by atoms with Crippen molar-refractivity contribution in [1.29, 1.82) is 0 Å². The fourth-order valence-electron chi connectivity index (χ4n) is 3.57. The van der Waals surface area contributed by atoms with Crippen molar-refractivity contribution in [2.24, 2.45) is 5.92 Å². The van der Waals surface area contributed by atoms with Gasteiger partial charge in [-0.25, -0.2) is 9.82 Å². The number of rotatable bonds is 6. The molecule has 4 atom stereocenters. The highest BCUT2D eigenvalue weighted by Crippen LogP contribution is 2.23. The first-order chi connectivity index (χ1) is 12.6. The van der Waals surface area contributed by atoms with Gasteiger partial charge in [-0.15, -0.1) is 0 Å². The zero-order valence-corrected chi connectivity index (χ0v) is 14.8. The van der Waals surface area contributed by atoms with Crippen molar-refractivity contribution >= 4 is 11.9 Å². The predicted molar refractivity (Wildman–Crippen MR) is 93.4 cm³/mol. The second-order valence-electron chi connectivity index (χ2n) is 6.65. The summed E-state index contributed by atoms with van der Waals surface area (Å²) >= 11 is 0. The molecule has 2 saturated heterocycles. The second kappa shape index (κ2) is 8.57. The SMILES string of the molecule is CCOC(=O)CC(NC(=O)C1NNC2CCNCC21)c1ccc(F)cc1. The number of benzene rings is 1. The Labute approximate surface area is 152 Å². The summed E-state index contributed by atoms with van der Waals surface area (Å²) in [6.07, 6.45) is 0.948. The van der Waals surface area contributed by atoms with Crippen LogP contribution in [0.25, 0.3) is 0 Å². The number of piperidine rings is 1. The second-order valence-corrected chi connectivity index (χ2v) is 6.65. The molecule has 1 aromatic carbocycles. The van der Waals surface area contributed by atoms with Gasteiger partial charge in [0.05, 0.1) is 19.1 Å². The van der Waals surface area contributed by atoms with Gasteiger partial charge in [0.25, 0.3) is 0 Å². The van der Waals surface area contributed by atoms with Gasteiger partial charge in [0, 0.05) is 18.5 Å². The number of fused-ring (bicyclic) bond motifs is 1. The van der Waals surface area contributed by atoms with Gasteiger partial charge in [0.2, 0.25) is 5.91 Å². The molecule has 0 saturated carbocycles. The molecule has 8 heteroatoms. The number of hydrogen-bond acceptors (Lipinski definition) is 6. The van der Waals surface area contributed by atoms with Crippen LogP contribution in [0.15, 0.2) is 24.3 Å².